The Labute approximate surface area is 97.9 Å². The summed E-state index contributed by atoms with van der Waals surface area (Å²) in [5.74, 6) is 0.793. The first-order chi connectivity index (χ1) is 7.79. The minimum Gasteiger partial charge on any atom is -0.370 e. The normalized spacial score (nSPS) is 20.4. The van der Waals surface area contributed by atoms with Crippen molar-refractivity contribution in [2.24, 2.45) is 5.92 Å². The lowest BCUT2D eigenvalue weighted by Gasteiger charge is -2.18. The lowest BCUT2D eigenvalue weighted by atomic mass is 10.1. The second-order valence-corrected chi connectivity index (χ2v) is 4.57. The number of anilines is 1. The van der Waals surface area contributed by atoms with Crippen molar-refractivity contribution in [2.45, 2.75) is 20.3 Å². The van der Waals surface area contributed by atoms with E-state index < -0.39 is 0 Å². The summed E-state index contributed by atoms with van der Waals surface area (Å²) in [6.45, 7) is 8.74. The molecule has 0 spiro atoms. The van der Waals surface area contributed by atoms with Gasteiger partial charge in [0.15, 0.2) is 0 Å². The van der Waals surface area contributed by atoms with Crippen LogP contribution in [0.15, 0.2) is 18.3 Å². The molecule has 0 bridgehead atoms. The maximum absolute atomic E-state index is 4.35. The van der Waals surface area contributed by atoms with Gasteiger partial charge in [-0.15, -0.1) is 0 Å². The van der Waals surface area contributed by atoms with Crippen molar-refractivity contribution in [1.29, 1.82) is 0 Å². The number of nitrogens with zero attached hydrogens (tertiary/aromatic N) is 2. The van der Waals surface area contributed by atoms with Crippen LogP contribution in [0.1, 0.15) is 19.0 Å². The zero-order chi connectivity index (χ0) is 11.4. The Kier molecular flexibility index (Phi) is 3.78. The van der Waals surface area contributed by atoms with E-state index in [1.165, 1.54) is 18.7 Å². The van der Waals surface area contributed by atoms with E-state index in [2.05, 4.69) is 34.3 Å². The van der Waals surface area contributed by atoms with Crippen molar-refractivity contribution in [3.8, 4) is 0 Å². The third kappa shape index (κ3) is 2.73. The van der Waals surface area contributed by atoms with Crippen LogP contribution < -0.4 is 10.2 Å². The van der Waals surface area contributed by atoms with Gasteiger partial charge in [-0.1, -0.05) is 6.92 Å². The zero-order valence-corrected chi connectivity index (χ0v) is 10.2. The Morgan fingerprint density at radius 1 is 1.50 bits per heavy atom. The molecule has 2 rings (SSSR count). The summed E-state index contributed by atoms with van der Waals surface area (Å²) in [6.07, 6.45) is 3.28. The summed E-state index contributed by atoms with van der Waals surface area (Å²) >= 11 is 0. The lowest BCUT2D eigenvalue weighted by molar-refractivity contribution is 0.528. The highest BCUT2D eigenvalue weighted by Crippen LogP contribution is 2.22. The summed E-state index contributed by atoms with van der Waals surface area (Å²) in [5.41, 5.74) is 2.36. The fraction of sp³-hybridized carbons (Fsp3) is 0.615. The van der Waals surface area contributed by atoms with Crippen LogP contribution in [0.25, 0.3) is 0 Å². The standard InChI is InChI=1S/C13H21N3/c1-3-14-8-12-6-7-16(10-12)13-5-4-11(2)15-9-13/h4-5,9,12,14H,3,6-8,10H2,1-2H3. The van der Waals surface area contributed by atoms with E-state index in [0.717, 1.165) is 31.2 Å². The molecule has 88 valence electrons. The Hall–Kier alpha value is -1.09. The average molecular weight is 219 g/mol. The van der Waals surface area contributed by atoms with Gasteiger partial charge in [0, 0.05) is 18.8 Å². The van der Waals surface area contributed by atoms with Gasteiger partial charge in [0.1, 0.15) is 0 Å². The molecule has 1 saturated heterocycles. The van der Waals surface area contributed by atoms with Crippen molar-refractivity contribution in [2.75, 3.05) is 31.1 Å². The molecule has 0 saturated carbocycles. The molecular weight excluding hydrogens is 198 g/mol. The predicted molar refractivity (Wildman–Crippen MR) is 67.8 cm³/mol. The minimum atomic E-state index is 0.793. The smallest absolute Gasteiger partial charge is 0.0553 e. The van der Waals surface area contributed by atoms with E-state index in [9.17, 15) is 0 Å². The second-order valence-electron chi connectivity index (χ2n) is 4.57. The molecule has 1 atom stereocenters. The van der Waals surface area contributed by atoms with Crippen molar-refractivity contribution in [1.82, 2.24) is 10.3 Å². The fourth-order valence-corrected chi connectivity index (χ4v) is 2.23. The highest BCUT2D eigenvalue weighted by Gasteiger charge is 2.22. The molecule has 3 nitrogen and oxygen atoms in total. The highest BCUT2D eigenvalue weighted by atomic mass is 15.2. The number of aryl methyl sites for hydroxylation is 1. The third-order valence-electron chi connectivity index (χ3n) is 3.23. The highest BCUT2D eigenvalue weighted by molar-refractivity contribution is 5.45. The first-order valence-electron chi connectivity index (χ1n) is 6.18. The number of hydrogen-bond acceptors (Lipinski definition) is 3. The van der Waals surface area contributed by atoms with Gasteiger partial charge in [0.05, 0.1) is 11.9 Å². The molecule has 1 aliphatic heterocycles. The molecule has 1 N–H and O–H groups in total. The van der Waals surface area contributed by atoms with E-state index in [0.29, 0.717) is 0 Å². The van der Waals surface area contributed by atoms with Crippen LogP contribution in [0.3, 0.4) is 0 Å². The number of rotatable bonds is 4. The number of pyridine rings is 1. The van der Waals surface area contributed by atoms with Crippen LogP contribution in [-0.2, 0) is 0 Å². The van der Waals surface area contributed by atoms with Gasteiger partial charge < -0.3 is 10.2 Å². The zero-order valence-electron chi connectivity index (χ0n) is 10.2. The molecule has 16 heavy (non-hydrogen) atoms. The van der Waals surface area contributed by atoms with Crippen molar-refractivity contribution >= 4 is 5.69 Å². The van der Waals surface area contributed by atoms with Crippen LogP contribution in [0.2, 0.25) is 0 Å². The maximum Gasteiger partial charge on any atom is 0.0553 e. The molecule has 0 amide bonds. The first kappa shape index (κ1) is 11.4. The van der Waals surface area contributed by atoms with E-state index in [4.69, 9.17) is 0 Å². The number of nitrogens with one attached hydrogen (secondary N) is 1. The molecule has 1 unspecified atom stereocenters. The van der Waals surface area contributed by atoms with Gasteiger partial charge >= 0.3 is 0 Å². The SMILES string of the molecule is CCNCC1CCN(c2ccc(C)nc2)C1. The molecule has 1 aliphatic rings. The monoisotopic (exact) mass is 219 g/mol. The molecule has 1 aromatic heterocycles. The quantitative estimate of drug-likeness (QED) is 0.837. The Balaban J connectivity index is 1.90. The minimum absolute atomic E-state index is 0.793. The third-order valence-corrected chi connectivity index (χ3v) is 3.23. The Morgan fingerprint density at radius 3 is 3.06 bits per heavy atom. The molecule has 1 fully saturated rings. The molecule has 1 aromatic rings. The Bertz CT molecular complexity index is 320. The summed E-state index contributed by atoms with van der Waals surface area (Å²) in [6, 6.07) is 4.27. The maximum atomic E-state index is 4.35. The molecule has 2 heterocycles. The van der Waals surface area contributed by atoms with Crippen molar-refractivity contribution < 1.29 is 0 Å². The van der Waals surface area contributed by atoms with Gasteiger partial charge in [0.2, 0.25) is 0 Å². The molecule has 0 aliphatic carbocycles. The summed E-state index contributed by atoms with van der Waals surface area (Å²) < 4.78 is 0. The van der Waals surface area contributed by atoms with E-state index >= 15 is 0 Å². The van der Waals surface area contributed by atoms with Gasteiger partial charge in [-0.05, 0) is 44.5 Å². The van der Waals surface area contributed by atoms with E-state index in [1.54, 1.807) is 0 Å². The van der Waals surface area contributed by atoms with Crippen LogP contribution in [0.5, 0.6) is 0 Å². The van der Waals surface area contributed by atoms with Crippen molar-refractivity contribution in [3.05, 3.63) is 24.0 Å². The fourth-order valence-electron chi connectivity index (χ4n) is 2.23. The first-order valence-corrected chi connectivity index (χ1v) is 6.18. The van der Waals surface area contributed by atoms with Gasteiger partial charge in [0.25, 0.3) is 0 Å². The summed E-state index contributed by atoms with van der Waals surface area (Å²) in [4.78, 5) is 6.79. The molecule has 0 radical (unpaired) electrons. The largest absolute Gasteiger partial charge is 0.370 e. The van der Waals surface area contributed by atoms with Crippen molar-refractivity contribution in [3.63, 3.8) is 0 Å². The van der Waals surface area contributed by atoms with Gasteiger partial charge in [-0.2, -0.15) is 0 Å². The molecule has 0 aromatic carbocycles. The topological polar surface area (TPSA) is 28.2 Å². The van der Waals surface area contributed by atoms with Gasteiger partial charge in [-0.3, -0.25) is 4.98 Å². The predicted octanol–water partition coefficient (Wildman–Crippen LogP) is 1.83. The average Bonchev–Trinajstić information content (AvgIpc) is 2.76. The van der Waals surface area contributed by atoms with Crippen LogP contribution in [0, 0.1) is 12.8 Å². The number of hydrogen-bond donors (Lipinski definition) is 1. The van der Waals surface area contributed by atoms with Gasteiger partial charge in [-0.25, -0.2) is 0 Å². The Morgan fingerprint density at radius 2 is 2.38 bits per heavy atom. The molecular formula is C13H21N3. The summed E-state index contributed by atoms with van der Waals surface area (Å²) in [5, 5.41) is 3.43. The summed E-state index contributed by atoms with van der Waals surface area (Å²) in [7, 11) is 0. The van der Waals surface area contributed by atoms with Crippen LogP contribution >= 0.6 is 0 Å². The lowest BCUT2D eigenvalue weighted by Crippen LogP contribution is -2.26. The van der Waals surface area contributed by atoms with Crippen LogP contribution in [-0.4, -0.2) is 31.2 Å². The van der Waals surface area contributed by atoms with Crippen LogP contribution in [0.4, 0.5) is 5.69 Å². The number of aromatic nitrogens is 1. The van der Waals surface area contributed by atoms with E-state index in [-0.39, 0.29) is 0 Å². The van der Waals surface area contributed by atoms with E-state index in [1.807, 2.05) is 13.1 Å². The molecule has 3 heteroatoms. The second kappa shape index (κ2) is 5.30.